The third-order valence-electron chi connectivity index (χ3n) is 6.07. The maximum atomic E-state index is 14.0. The van der Waals surface area contributed by atoms with E-state index in [0.29, 0.717) is 16.5 Å². The summed E-state index contributed by atoms with van der Waals surface area (Å²) in [6.45, 7) is 6.90. The van der Waals surface area contributed by atoms with Crippen molar-refractivity contribution in [1.82, 2.24) is 10.2 Å². The highest BCUT2D eigenvalue weighted by Crippen LogP contribution is 2.27. The minimum Gasteiger partial charge on any atom is -0.352 e. The number of benzene rings is 3. The Morgan fingerprint density at radius 3 is 2.13 bits per heavy atom. The van der Waals surface area contributed by atoms with Gasteiger partial charge in [0.05, 0.1) is 10.6 Å². The summed E-state index contributed by atoms with van der Waals surface area (Å²) < 4.78 is 28.7. The van der Waals surface area contributed by atoms with Gasteiger partial charge in [-0.05, 0) is 75.2 Å². The number of halogens is 2. The highest BCUT2D eigenvalue weighted by Gasteiger charge is 2.34. The SMILES string of the molecule is CCC(C(=O)NC(C)C)N(Cc1ccc(Cl)cc1)C(=O)CN(c1cccc(Cl)c1)S(=O)(=O)c1ccc(C)cc1. The smallest absolute Gasteiger partial charge is 0.264 e. The van der Waals surface area contributed by atoms with E-state index in [1.807, 2.05) is 27.7 Å². The molecule has 0 saturated heterocycles. The predicted molar refractivity (Wildman–Crippen MR) is 157 cm³/mol. The number of carbonyl (C=O) groups excluding carboxylic acids is 2. The molecule has 0 bridgehead atoms. The van der Waals surface area contributed by atoms with E-state index in [2.05, 4.69) is 5.32 Å². The molecule has 0 heterocycles. The zero-order valence-electron chi connectivity index (χ0n) is 22.4. The van der Waals surface area contributed by atoms with Crippen LogP contribution in [0.3, 0.4) is 0 Å². The van der Waals surface area contributed by atoms with E-state index in [0.717, 1.165) is 15.4 Å². The summed E-state index contributed by atoms with van der Waals surface area (Å²) in [6, 6.07) is 18.7. The quantitative estimate of drug-likeness (QED) is 0.305. The minimum atomic E-state index is -4.16. The number of amides is 2. The Hall–Kier alpha value is -3.07. The number of nitrogens with one attached hydrogen (secondary N) is 1. The van der Waals surface area contributed by atoms with Gasteiger partial charge in [-0.1, -0.05) is 66.0 Å². The minimum absolute atomic E-state index is 0.0368. The fourth-order valence-electron chi connectivity index (χ4n) is 4.08. The van der Waals surface area contributed by atoms with Gasteiger partial charge in [0.2, 0.25) is 11.8 Å². The summed E-state index contributed by atoms with van der Waals surface area (Å²) in [7, 11) is -4.16. The first-order chi connectivity index (χ1) is 18.4. The first-order valence-electron chi connectivity index (χ1n) is 12.6. The Morgan fingerprint density at radius 1 is 0.923 bits per heavy atom. The molecule has 0 aliphatic rings. The van der Waals surface area contributed by atoms with Crippen molar-refractivity contribution in [3.8, 4) is 0 Å². The number of hydrogen-bond donors (Lipinski definition) is 1. The van der Waals surface area contributed by atoms with E-state index in [4.69, 9.17) is 23.2 Å². The van der Waals surface area contributed by atoms with Gasteiger partial charge >= 0.3 is 0 Å². The predicted octanol–water partition coefficient (Wildman–Crippen LogP) is 5.83. The van der Waals surface area contributed by atoms with Crippen LogP contribution in [0.25, 0.3) is 0 Å². The Labute approximate surface area is 240 Å². The third kappa shape index (κ3) is 7.97. The molecule has 0 spiro atoms. The maximum Gasteiger partial charge on any atom is 0.264 e. The van der Waals surface area contributed by atoms with Crippen LogP contribution in [0.15, 0.2) is 77.7 Å². The molecule has 1 atom stereocenters. The van der Waals surface area contributed by atoms with Gasteiger partial charge in [-0.2, -0.15) is 0 Å². The average molecular weight is 591 g/mol. The van der Waals surface area contributed by atoms with Gasteiger partial charge in [0, 0.05) is 22.6 Å². The molecule has 3 rings (SSSR count). The molecule has 0 aromatic heterocycles. The van der Waals surface area contributed by atoms with E-state index in [9.17, 15) is 18.0 Å². The van der Waals surface area contributed by atoms with Crippen LogP contribution < -0.4 is 9.62 Å². The van der Waals surface area contributed by atoms with Gasteiger partial charge in [0.1, 0.15) is 12.6 Å². The lowest BCUT2D eigenvalue weighted by atomic mass is 10.1. The van der Waals surface area contributed by atoms with E-state index in [-0.39, 0.29) is 29.1 Å². The van der Waals surface area contributed by atoms with Gasteiger partial charge in [-0.15, -0.1) is 0 Å². The van der Waals surface area contributed by atoms with Gasteiger partial charge < -0.3 is 10.2 Å². The summed E-state index contributed by atoms with van der Waals surface area (Å²) in [5.41, 5.74) is 1.89. The van der Waals surface area contributed by atoms with Gasteiger partial charge in [-0.25, -0.2) is 8.42 Å². The number of aryl methyl sites for hydroxylation is 1. The molecule has 3 aromatic carbocycles. The second-order valence-electron chi connectivity index (χ2n) is 9.54. The fourth-order valence-corrected chi connectivity index (χ4v) is 5.80. The largest absolute Gasteiger partial charge is 0.352 e. The van der Waals surface area contributed by atoms with Crippen LogP contribution in [0.4, 0.5) is 5.69 Å². The van der Waals surface area contributed by atoms with Crippen molar-refractivity contribution in [2.24, 2.45) is 0 Å². The van der Waals surface area contributed by atoms with Crippen molar-refractivity contribution in [2.75, 3.05) is 10.8 Å². The van der Waals surface area contributed by atoms with Gasteiger partial charge in [0.15, 0.2) is 0 Å². The summed E-state index contributed by atoms with van der Waals surface area (Å²) in [5.74, 6) is -0.850. The van der Waals surface area contributed by atoms with E-state index in [1.165, 1.54) is 23.1 Å². The molecule has 7 nitrogen and oxygen atoms in total. The molecule has 0 fully saturated rings. The summed E-state index contributed by atoms with van der Waals surface area (Å²) in [4.78, 5) is 28.6. The second-order valence-corrected chi connectivity index (χ2v) is 12.3. The van der Waals surface area contributed by atoms with Crippen molar-refractivity contribution in [2.45, 2.75) is 57.6 Å². The van der Waals surface area contributed by atoms with Crippen molar-refractivity contribution in [3.05, 3.63) is 94.0 Å². The van der Waals surface area contributed by atoms with Crippen LogP contribution in [-0.4, -0.2) is 43.8 Å². The molecule has 1 unspecified atom stereocenters. The molecular weight excluding hydrogens is 557 g/mol. The van der Waals surface area contributed by atoms with Crippen LogP contribution in [0.2, 0.25) is 10.0 Å². The summed E-state index contributed by atoms with van der Waals surface area (Å²) >= 11 is 12.3. The number of rotatable bonds is 11. The monoisotopic (exact) mass is 589 g/mol. The van der Waals surface area contributed by atoms with Crippen molar-refractivity contribution in [1.29, 1.82) is 0 Å². The number of nitrogens with zero attached hydrogens (tertiary/aromatic N) is 2. The van der Waals surface area contributed by atoms with Crippen LogP contribution in [0, 0.1) is 6.92 Å². The Balaban J connectivity index is 2.06. The maximum absolute atomic E-state index is 14.0. The van der Waals surface area contributed by atoms with Crippen molar-refractivity contribution >= 4 is 50.7 Å². The number of carbonyl (C=O) groups is 2. The molecule has 0 aliphatic heterocycles. The summed E-state index contributed by atoms with van der Waals surface area (Å²) in [5, 5.41) is 3.74. The molecule has 3 aromatic rings. The van der Waals surface area contributed by atoms with Gasteiger partial charge in [0.25, 0.3) is 10.0 Å². The summed E-state index contributed by atoms with van der Waals surface area (Å²) in [6.07, 6.45) is 0.333. The van der Waals surface area contributed by atoms with E-state index < -0.39 is 28.5 Å². The van der Waals surface area contributed by atoms with Crippen LogP contribution in [0.5, 0.6) is 0 Å². The van der Waals surface area contributed by atoms with E-state index in [1.54, 1.807) is 54.6 Å². The third-order valence-corrected chi connectivity index (χ3v) is 8.34. The standard InChI is InChI=1S/C29H33Cl2N3O4S/c1-5-27(29(36)32-20(2)3)33(18-22-11-13-23(30)14-12-22)28(35)19-34(25-8-6-7-24(31)17-25)39(37,38)26-15-9-21(4)10-16-26/h6-17,20,27H,5,18-19H2,1-4H3,(H,32,36). The first-order valence-corrected chi connectivity index (χ1v) is 14.8. The van der Waals surface area contributed by atoms with Crippen LogP contribution in [0.1, 0.15) is 38.3 Å². The van der Waals surface area contributed by atoms with Crippen LogP contribution in [-0.2, 0) is 26.2 Å². The molecule has 0 aliphatic carbocycles. The van der Waals surface area contributed by atoms with Crippen molar-refractivity contribution < 1.29 is 18.0 Å². The Morgan fingerprint density at radius 2 is 1.56 bits per heavy atom. The molecule has 39 heavy (non-hydrogen) atoms. The van der Waals surface area contributed by atoms with Crippen LogP contribution >= 0.6 is 23.2 Å². The molecular formula is C29H33Cl2N3O4S. The fraction of sp³-hybridized carbons (Fsp3) is 0.310. The number of hydrogen-bond acceptors (Lipinski definition) is 4. The zero-order valence-corrected chi connectivity index (χ0v) is 24.7. The second kappa shape index (κ2) is 13.3. The lowest BCUT2D eigenvalue weighted by molar-refractivity contribution is -0.140. The lowest BCUT2D eigenvalue weighted by Crippen LogP contribution is -2.53. The molecule has 10 heteroatoms. The first kappa shape index (κ1) is 30.5. The topological polar surface area (TPSA) is 86.8 Å². The number of sulfonamides is 1. The molecule has 208 valence electrons. The van der Waals surface area contributed by atoms with E-state index >= 15 is 0 Å². The molecule has 0 saturated carbocycles. The Kier molecular flexibility index (Phi) is 10.4. The highest BCUT2D eigenvalue weighted by atomic mass is 35.5. The average Bonchev–Trinajstić information content (AvgIpc) is 2.88. The van der Waals surface area contributed by atoms with Crippen molar-refractivity contribution in [3.63, 3.8) is 0 Å². The Bertz CT molecular complexity index is 1390. The zero-order chi connectivity index (χ0) is 28.7. The molecule has 0 radical (unpaired) electrons. The highest BCUT2D eigenvalue weighted by molar-refractivity contribution is 7.92. The normalized spacial score (nSPS) is 12.2. The van der Waals surface area contributed by atoms with Gasteiger partial charge in [-0.3, -0.25) is 13.9 Å². The number of anilines is 1. The molecule has 1 N–H and O–H groups in total. The lowest BCUT2D eigenvalue weighted by Gasteiger charge is -2.33. The molecule has 2 amide bonds.